The molecule has 3 heteroatoms. The maximum absolute atomic E-state index is 5.68. The normalized spacial score (nSPS) is 13.8. The lowest BCUT2D eigenvalue weighted by atomic mass is 9.83. The van der Waals surface area contributed by atoms with Gasteiger partial charge in [0.15, 0.2) is 0 Å². The summed E-state index contributed by atoms with van der Waals surface area (Å²) in [7, 11) is 0. The van der Waals surface area contributed by atoms with Crippen LogP contribution in [0.5, 0.6) is 0 Å². The number of hydrazine groups is 1. The van der Waals surface area contributed by atoms with Crippen molar-refractivity contribution < 1.29 is 4.74 Å². The van der Waals surface area contributed by atoms with Crippen molar-refractivity contribution in [2.24, 2.45) is 5.84 Å². The van der Waals surface area contributed by atoms with Crippen LogP contribution >= 0.6 is 0 Å². The average Bonchev–Trinajstić information content (AvgIpc) is 2.35. The molecule has 3 nitrogen and oxygen atoms in total. The van der Waals surface area contributed by atoms with Gasteiger partial charge in [-0.2, -0.15) is 0 Å². The Morgan fingerprint density at radius 2 is 1.67 bits per heavy atom. The van der Waals surface area contributed by atoms with Gasteiger partial charge in [0, 0.05) is 6.04 Å². The zero-order valence-corrected chi connectivity index (χ0v) is 14.7. The lowest BCUT2D eigenvalue weighted by molar-refractivity contribution is 0.0612. The molecule has 0 aliphatic carbocycles. The van der Waals surface area contributed by atoms with Crippen LogP contribution < -0.4 is 11.3 Å². The molecule has 0 amide bonds. The molecule has 1 aromatic rings. The van der Waals surface area contributed by atoms with Crippen LogP contribution in [0.2, 0.25) is 0 Å². The van der Waals surface area contributed by atoms with E-state index in [1.54, 1.807) is 0 Å². The summed E-state index contributed by atoms with van der Waals surface area (Å²) in [6.07, 6.45) is 1.12. The summed E-state index contributed by atoms with van der Waals surface area (Å²) in [5, 5.41) is 0. The maximum atomic E-state index is 5.68. The first-order chi connectivity index (χ1) is 9.65. The van der Waals surface area contributed by atoms with E-state index in [0.29, 0.717) is 6.61 Å². The van der Waals surface area contributed by atoms with Crippen molar-refractivity contribution in [3.63, 3.8) is 0 Å². The van der Waals surface area contributed by atoms with Crippen molar-refractivity contribution in [3.8, 4) is 0 Å². The molecule has 0 radical (unpaired) electrons. The Kier molecular flexibility index (Phi) is 6.39. The number of nitrogens with two attached hydrogens (primary N) is 1. The van der Waals surface area contributed by atoms with Gasteiger partial charge in [-0.3, -0.25) is 11.3 Å². The highest BCUT2D eigenvalue weighted by atomic mass is 16.5. The quantitative estimate of drug-likeness (QED) is 0.624. The average molecular weight is 292 g/mol. The predicted octanol–water partition coefficient (Wildman–Crippen LogP) is 3.40. The van der Waals surface area contributed by atoms with Crippen molar-refractivity contribution >= 4 is 0 Å². The Bertz CT molecular complexity index is 438. The van der Waals surface area contributed by atoms with Crippen molar-refractivity contribution in [1.29, 1.82) is 0 Å². The first-order valence-electron chi connectivity index (χ1n) is 7.83. The minimum atomic E-state index is 0.144. The molecule has 1 unspecified atom stereocenters. The fourth-order valence-corrected chi connectivity index (χ4v) is 2.47. The minimum Gasteiger partial charge on any atom is -0.377 e. The predicted molar refractivity (Wildman–Crippen MR) is 90.5 cm³/mol. The highest BCUT2D eigenvalue weighted by molar-refractivity contribution is 5.40. The molecule has 0 saturated heterocycles. The van der Waals surface area contributed by atoms with Crippen LogP contribution in [0.3, 0.4) is 0 Å². The Labute approximate surface area is 130 Å². The van der Waals surface area contributed by atoms with Gasteiger partial charge in [0.05, 0.1) is 12.7 Å². The Morgan fingerprint density at radius 3 is 2.05 bits per heavy atom. The summed E-state index contributed by atoms with van der Waals surface area (Å²) >= 11 is 0. The number of nitrogens with one attached hydrogen (secondary N) is 1. The van der Waals surface area contributed by atoms with Gasteiger partial charge in [-0.15, -0.1) is 0 Å². The van der Waals surface area contributed by atoms with Gasteiger partial charge in [0.25, 0.3) is 0 Å². The van der Waals surface area contributed by atoms with Crippen LogP contribution in [0.4, 0.5) is 0 Å². The Hall–Kier alpha value is -0.900. The van der Waals surface area contributed by atoms with Crippen LogP contribution in [-0.4, -0.2) is 18.8 Å². The van der Waals surface area contributed by atoms with Gasteiger partial charge in [-0.05, 0) is 61.8 Å². The zero-order valence-electron chi connectivity index (χ0n) is 14.7. The SMILES string of the molecule is Cc1cc(C(C)(C)C)cc(C)c1CC(COC(C)C)NN. The highest BCUT2D eigenvalue weighted by Crippen LogP contribution is 2.27. The standard InChI is InChI=1S/C18H32N2O/c1-12(2)21-11-16(20-19)10-17-13(3)8-15(9-14(17)4)18(5,6)7/h8-9,12,16,20H,10-11,19H2,1-7H3. The summed E-state index contributed by atoms with van der Waals surface area (Å²) < 4.78 is 5.68. The number of ether oxygens (including phenoxy) is 1. The van der Waals surface area contributed by atoms with Gasteiger partial charge in [0.1, 0.15) is 0 Å². The minimum absolute atomic E-state index is 0.144. The molecule has 0 fully saturated rings. The second kappa shape index (κ2) is 7.39. The largest absolute Gasteiger partial charge is 0.377 e. The van der Waals surface area contributed by atoms with Crippen LogP contribution in [0.25, 0.3) is 0 Å². The van der Waals surface area contributed by atoms with Crippen molar-refractivity contribution in [2.75, 3.05) is 6.61 Å². The molecule has 3 N–H and O–H groups in total. The molecule has 120 valence electrons. The Balaban J connectivity index is 2.93. The molecule has 0 aliphatic rings. The zero-order chi connectivity index (χ0) is 16.2. The van der Waals surface area contributed by atoms with Gasteiger partial charge < -0.3 is 4.74 Å². The van der Waals surface area contributed by atoms with E-state index in [4.69, 9.17) is 10.6 Å². The number of hydrogen-bond donors (Lipinski definition) is 2. The van der Waals surface area contributed by atoms with Crippen molar-refractivity contribution in [2.45, 2.75) is 72.4 Å². The molecule has 21 heavy (non-hydrogen) atoms. The smallest absolute Gasteiger partial charge is 0.0639 e. The molecule has 0 aliphatic heterocycles. The third kappa shape index (κ3) is 5.42. The van der Waals surface area contributed by atoms with E-state index in [2.05, 4.69) is 52.2 Å². The van der Waals surface area contributed by atoms with Crippen LogP contribution in [0, 0.1) is 13.8 Å². The molecular weight excluding hydrogens is 260 g/mol. The fraction of sp³-hybridized carbons (Fsp3) is 0.667. The van der Waals surface area contributed by atoms with Gasteiger partial charge in [0.2, 0.25) is 0 Å². The lowest BCUT2D eigenvalue weighted by Crippen LogP contribution is -2.41. The molecule has 0 heterocycles. The van der Waals surface area contributed by atoms with E-state index in [-0.39, 0.29) is 17.6 Å². The molecule has 0 saturated carbocycles. The molecule has 1 rings (SSSR count). The number of rotatable bonds is 6. The monoisotopic (exact) mass is 292 g/mol. The van der Waals surface area contributed by atoms with E-state index in [0.717, 1.165) is 6.42 Å². The summed E-state index contributed by atoms with van der Waals surface area (Å²) in [4.78, 5) is 0. The van der Waals surface area contributed by atoms with Gasteiger partial charge in [-0.25, -0.2) is 0 Å². The lowest BCUT2D eigenvalue weighted by Gasteiger charge is -2.24. The fourth-order valence-electron chi connectivity index (χ4n) is 2.47. The molecule has 0 bridgehead atoms. The molecule has 0 aromatic heterocycles. The van der Waals surface area contributed by atoms with E-state index in [1.807, 2.05) is 13.8 Å². The summed E-state index contributed by atoms with van der Waals surface area (Å²) in [6, 6.07) is 4.75. The van der Waals surface area contributed by atoms with E-state index < -0.39 is 0 Å². The molecule has 1 atom stereocenters. The van der Waals surface area contributed by atoms with E-state index in [1.165, 1.54) is 22.3 Å². The summed E-state index contributed by atoms with van der Waals surface area (Å²) in [5.74, 6) is 5.68. The molecule has 0 spiro atoms. The Morgan fingerprint density at radius 1 is 1.14 bits per heavy atom. The van der Waals surface area contributed by atoms with E-state index in [9.17, 15) is 0 Å². The van der Waals surface area contributed by atoms with Gasteiger partial charge in [-0.1, -0.05) is 32.9 Å². The summed E-state index contributed by atoms with van der Waals surface area (Å²) in [6.45, 7) is 15.9. The first kappa shape index (κ1) is 18.1. The van der Waals surface area contributed by atoms with E-state index >= 15 is 0 Å². The van der Waals surface area contributed by atoms with Crippen LogP contribution in [0.1, 0.15) is 56.9 Å². The van der Waals surface area contributed by atoms with Gasteiger partial charge >= 0.3 is 0 Å². The maximum Gasteiger partial charge on any atom is 0.0639 e. The third-order valence-electron chi connectivity index (χ3n) is 3.88. The second-order valence-corrected chi connectivity index (χ2v) is 7.29. The number of hydrogen-bond acceptors (Lipinski definition) is 3. The molecule has 1 aromatic carbocycles. The number of aryl methyl sites for hydroxylation is 2. The van der Waals surface area contributed by atoms with Crippen LogP contribution in [-0.2, 0) is 16.6 Å². The molecular formula is C18H32N2O. The van der Waals surface area contributed by atoms with Crippen molar-refractivity contribution in [1.82, 2.24) is 5.43 Å². The second-order valence-electron chi connectivity index (χ2n) is 7.29. The topological polar surface area (TPSA) is 47.3 Å². The first-order valence-corrected chi connectivity index (χ1v) is 7.83. The van der Waals surface area contributed by atoms with Crippen molar-refractivity contribution in [3.05, 3.63) is 34.4 Å². The highest BCUT2D eigenvalue weighted by Gasteiger charge is 2.18. The summed E-state index contributed by atoms with van der Waals surface area (Å²) in [5.41, 5.74) is 8.50. The third-order valence-corrected chi connectivity index (χ3v) is 3.88. The number of benzene rings is 1. The van der Waals surface area contributed by atoms with Crippen LogP contribution in [0.15, 0.2) is 12.1 Å².